The van der Waals surface area contributed by atoms with Crippen LogP contribution in [-0.4, -0.2) is 9.91 Å². The maximum Gasteiger partial charge on any atom is 0.433 e. The molecule has 5 nitrogen and oxygen atoms in total. The molecule has 1 aromatic carbocycles. The third-order valence-corrected chi connectivity index (χ3v) is 3.62. The highest BCUT2D eigenvalue weighted by molar-refractivity contribution is 6.39. The molecule has 3 aromatic rings. The van der Waals surface area contributed by atoms with Crippen LogP contribution in [0.4, 0.5) is 5.88 Å². The minimum absolute atomic E-state index is 0.305. The summed E-state index contributed by atoms with van der Waals surface area (Å²) in [6, 6.07) is 9.80. The molecule has 0 aliphatic rings. The molecule has 0 atom stereocenters. The summed E-state index contributed by atoms with van der Waals surface area (Å²) in [4.78, 5) is 14.4. The van der Waals surface area contributed by atoms with Crippen molar-refractivity contribution >= 4 is 52.1 Å². The fourth-order valence-corrected chi connectivity index (χ4v) is 2.38. The van der Waals surface area contributed by atoms with Crippen LogP contribution in [0.1, 0.15) is 11.5 Å². The van der Waals surface area contributed by atoms with E-state index in [9.17, 15) is 10.1 Å². The van der Waals surface area contributed by atoms with E-state index in [0.29, 0.717) is 27.0 Å². The highest BCUT2D eigenvalue weighted by atomic mass is 35.5. The Morgan fingerprint density at radius 3 is 2.55 bits per heavy atom. The number of benzene rings is 1. The average molecular weight is 335 g/mol. The molecular weight excluding hydrogens is 327 g/mol. The number of nitro groups is 1. The van der Waals surface area contributed by atoms with Gasteiger partial charge in [0.15, 0.2) is 0 Å². The van der Waals surface area contributed by atoms with Gasteiger partial charge in [-0.2, -0.15) is 0 Å². The van der Waals surface area contributed by atoms with Gasteiger partial charge in [0.1, 0.15) is 10.7 Å². The van der Waals surface area contributed by atoms with E-state index >= 15 is 0 Å². The Labute approximate surface area is 134 Å². The number of rotatable bonds is 3. The summed E-state index contributed by atoms with van der Waals surface area (Å²) in [6.07, 6.45) is 3.28. The summed E-state index contributed by atoms with van der Waals surface area (Å²) in [5.74, 6) is 0.0618. The van der Waals surface area contributed by atoms with Crippen molar-refractivity contribution in [2.75, 3.05) is 0 Å². The molecular formula is C15H8Cl2N2O3. The van der Waals surface area contributed by atoms with E-state index in [2.05, 4.69) is 4.98 Å². The predicted molar refractivity (Wildman–Crippen MR) is 86.1 cm³/mol. The van der Waals surface area contributed by atoms with Gasteiger partial charge in [0.05, 0.1) is 27.3 Å². The lowest BCUT2D eigenvalue weighted by atomic mass is 10.2. The number of hydrogen-bond donors (Lipinski definition) is 0. The fourth-order valence-electron chi connectivity index (χ4n) is 1.95. The van der Waals surface area contributed by atoms with Gasteiger partial charge in [-0.3, -0.25) is 10.1 Å². The van der Waals surface area contributed by atoms with Crippen molar-refractivity contribution in [3.8, 4) is 0 Å². The molecule has 0 bridgehead atoms. The van der Waals surface area contributed by atoms with E-state index in [0.717, 1.165) is 5.39 Å². The van der Waals surface area contributed by atoms with Crippen molar-refractivity contribution in [3.05, 3.63) is 68.0 Å². The van der Waals surface area contributed by atoms with E-state index in [4.69, 9.17) is 27.6 Å². The molecule has 0 N–H and O–H groups in total. The zero-order valence-corrected chi connectivity index (χ0v) is 12.5. The molecule has 0 saturated heterocycles. The van der Waals surface area contributed by atoms with Crippen molar-refractivity contribution in [1.82, 2.24) is 4.98 Å². The maximum absolute atomic E-state index is 10.6. The summed E-state index contributed by atoms with van der Waals surface area (Å²) >= 11 is 12.2. The summed E-state index contributed by atoms with van der Waals surface area (Å²) in [6.45, 7) is 0. The van der Waals surface area contributed by atoms with Crippen molar-refractivity contribution in [1.29, 1.82) is 0 Å². The topological polar surface area (TPSA) is 69.2 Å². The first-order valence-corrected chi connectivity index (χ1v) is 6.97. The average Bonchev–Trinajstić information content (AvgIpc) is 2.98. The minimum atomic E-state index is -0.590. The third-order valence-electron chi connectivity index (χ3n) is 2.99. The van der Waals surface area contributed by atoms with Crippen LogP contribution in [0.5, 0.6) is 0 Å². The molecule has 0 aliphatic heterocycles. The molecule has 0 saturated carbocycles. The molecule has 22 heavy (non-hydrogen) atoms. The van der Waals surface area contributed by atoms with Gasteiger partial charge in [-0.1, -0.05) is 23.2 Å². The largest absolute Gasteiger partial charge is 0.433 e. The number of furan rings is 1. The SMILES string of the molecule is O=[N+]([O-])c1ccc(C=Cc2ccc3c(Cl)ccc(Cl)c3n2)o1. The molecule has 2 heterocycles. The van der Waals surface area contributed by atoms with E-state index < -0.39 is 4.92 Å². The van der Waals surface area contributed by atoms with Crippen LogP contribution < -0.4 is 0 Å². The Morgan fingerprint density at radius 1 is 1.05 bits per heavy atom. The van der Waals surface area contributed by atoms with Crippen LogP contribution in [0.3, 0.4) is 0 Å². The van der Waals surface area contributed by atoms with Crippen LogP contribution in [0.2, 0.25) is 10.0 Å². The summed E-state index contributed by atoms with van der Waals surface area (Å²) in [5.41, 5.74) is 1.23. The Kier molecular flexibility index (Phi) is 3.83. The van der Waals surface area contributed by atoms with E-state index in [1.807, 2.05) is 6.07 Å². The van der Waals surface area contributed by atoms with Gasteiger partial charge in [0.2, 0.25) is 0 Å². The first kappa shape index (κ1) is 14.6. The molecule has 0 radical (unpaired) electrons. The van der Waals surface area contributed by atoms with Crippen molar-refractivity contribution in [2.24, 2.45) is 0 Å². The lowest BCUT2D eigenvalue weighted by molar-refractivity contribution is -0.402. The minimum Gasteiger partial charge on any atom is -0.401 e. The number of hydrogen-bond acceptors (Lipinski definition) is 4. The smallest absolute Gasteiger partial charge is 0.401 e. The van der Waals surface area contributed by atoms with Gasteiger partial charge in [-0.05, 0) is 42.5 Å². The van der Waals surface area contributed by atoms with Gasteiger partial charge in [-0.15, -0.1) is 0 Å². The van der Waals surface area contributed by atoms with Crippen molar-refractivity contribution < 1.29 is 9.34 Å². The molecule has 0 unspecified atom stereocenters. The molecule has 0 spiro atoms. The van der Waals surface area contributed by atoms with Gasteiger partial charge < -0.3 is 4.42 Å². The first-order chi connectivity index (χ1) is 10.5. The standard InChI is InChI=1S/C15H8Cl2N2O3/c16-12-6-7-13(17)15-11(12)5-2-9(18-15)1-3-10-4-8-14(22-10)19(20)21/h1-8H. The van der Waals surface area contributed by atoms with Gasteiger partial charge in [0, 0.05) is 5.39 Å². The first-order valence-electron chi connectivity index (χ1n) is 6.21. The van der Waals surface area contributed by atoms with E-state index in [1.165, 1.54) is 12.1 Å². The summed E-state index contributed by atoms with van der Waals surface area (Å²) in [5, 5.41) is 12.4. The third kappa shape index (κ3) is 2.81. The number of nitrogens with zero attached hydrogens (tertiary/aromatic N) is 2. The van der Waals surface area contributed by atoms with Crippen LogP contribution in [0, 0.1) is 10.1 Å². The molecule has 0 aliphatic carbocycles. The fraction of sp³-hybridized carbons (Fsp3) is 0. The van der Waals surface area contributed by atoms with Crippen molar-refractivity contribution in [3.63, 3.8) is 0 Å². The lowest BCUT2D eigenvalue weighted by Gasteiger charge is -2.03. The molecule has 7 heteroatoms. The van der Waals surface area contributed by atoms with E-state index in [1.54, 1.807) is 30.4 Å². The van der Waals surface area contributed by atoms with Crippen molar-refractivity contribution in [2.45, 2.75) is 0 Å². The molecule has 0 fully saturated rings. The molecule has 2 aromatic heterocycles. The summed E-state index contributed by atoms with van der Waals surface area (Å²) < 4.78 is 5.04. The van der Waals surface area contributed by atoms with Crippen LogP contribution in [-0.2, 0) is 0 Å². The predicted octanol–water partition coefficient (Wildman–Crippen LogP) is 5.21. The van der Waals surface area contributed by atoms with Gasteiger partial charge in [0.25, 0.3) is 0 Å². The number of halogens is 2. The lowest BCUT2D eigenvalue weighted by Crippen LogP contribution is -1.85. The zero-order chi connectivity index (χ0) is 15.7. The second-order valence-corrected chi connectivity index (χ2v) is 5.24. The van der Waals surface area contributed by atoms with Gasteiger partial charge in [-0.25, -0.2) is 4.98 Å². The number of fused-ring (bicyclic) bond motifs is 1. The second-order valence-electron chi connectivity index (χ2n) is 4.43. The quantitative estimate of drug-likeness (QED) is 0.486. The van der Waals surface area contributed by atoms with E-state index in [-0.39, 0.29) is 5.88 Å². The van der Waals surface area contributed by atoms with Crippen LogP contribution in [0.25, 0.3) is 23.1 Å². The number of pyridine rings is 1. The second kappa shape index (κ2) is 5.79. The zero-order valence-electron chi connectivity index (χ0n) is 11.0. The molecule has 0 amide bonds. The molecule has 3 rings (SSSR count). The Hall–Kier alpha value is -2.37. The maximum atomic E-state index is 10.6. The Morgan fingerprint density at radius 2 is 1.82 bits per heavy atom. The normalized spacial score (nSPS) is 11.4. The summed E-state index contributed by atoms with van der Waals surface area (Å²) in [7, 11) is 0. The van der Waals surface area contributed by atoms with Gasteiger partial charge >= 0.3 is 5.88 Å². The highest BCUT2D eigenvalue weighted by Gasteiger charge is 2.10. The monoisotopic (exact) mass is 334 g/mol. The molecule has 110 valence electrons. The van der Waals surface area contributed by atoms with Crippen LogP contribution >= 0.6 is 23.2 Å². The number of aromatic nitrogens is 1. The highest BCUT2D eigenvalue weighted by Crippen LogP contribution is 2.28. The Balaban J connectivity index is 1.95. The van der Waals surface area contributed by atoms with Crippen LogP contribution in [0.15, 0.2) is 40.8 Å². The Bertz CT molecular complexity index is 903.